The zero-order valence-corrected chi connectivity index (χ0v) is 19.5. The molecule has 2 aromatic rings. The Kier molecular flexibility index (Phi) is 6.67. The summed E-state index contributed by atoms with van der Waals surface area (Å²) < 4.78 is 39.7. The Morgan fingerprint density at radius 2 is 1.50 bits per heavy atom. The standard InChI is InChI=1S/C24H30N2O5S/c1-17-13-25(16-23(31-17)20-8-5-4-6-9-20)24(27)21-10-7-11-22(12-21)32(28,29)26-14-18(2)30-19(3)15-26/h4-12,17-19,23H,13-16H2,1-3H3. The fourth-order valence-electron chi connectivity index (χ4n) is 4.42. The van der Waals surface area contributed by atoms with Crippen LogP contribution in [0.25, 0.3) is 0 Å². The summed E-state index contributed by atoms with van der Waals surface area (Å²) in [6.45, 7) is 7.13. The van der Waals surface area contributed by atoms with Crippen molar-refractivity contribution >= 4 is 15.9 Å². The maximum Gasteiger partial charge on any atom is 0.254 e. The molecule has 2 aliphatic rings. The lowest BCUT2D eigenvalue weighted by Crippen LogP contribution is -2.48. The molecule has 4 rings (SSSR count). The van der Waals surface area contributed by atoms with Crippen LogP contribution in [-0.4, -0.2) is 68.0 Å². The quantitative estimate of drug-likeness (QED) is 0.704. The van der Waals surface area contributed by atoms with Crippen LogP contribution in [0.1, 0.15) is 42.8 Å². The molecule has 32 heavy (non-hydrogen) atoms. The smallest absolute Gasteiger partial charge is 0.254 e. The van der Waals surface area contributed by atoms with Crippen LogP contribution in [0.4, 0.5) is 0 Å². The average Bonchev–Trinajstić information content (AvgIpc) is 2.78. The van der Waals surface area contributed by atoms with Crippen LogP contribution < -0.4 is 0 Å². The highest BCUT2D eigenvalue weighted by molar-refractivity contribution is 7.89. The van der Waals surface area contributed by atoms with Crippen molar-refractivity contribution in [2.45, 2.75) is 50.1 Å². The molecule has 2 aliphatic heterocycles. The number of hydrogen-bond acceptors (Lipinski definition) is 5. The summed E-state index contributed by atoms with van der Waals surface area (Å²) in [5.41, 5.74) is 1.38. The first kappa shape index (κ1) is 22.9. The van der Waals surface area contributed by atoms with E-state index in [2.05, 4.69) is 0 Å². The Bertz CT molecular complexity index is 1050. The van der Waals surface area contributed by atoms with Gasteiger partial charge >= 0.3 is 0 Å². The van der Waals surface area contributed by atoms with Crippen LogP contribution in [0.5, 0.6) is 0 Å². The Balaban J connectivity index is 1.55. The molecule has 2 fully saturated rings. The number of hydrogen-bond donors (Lipinski definition) is 0. The van der Waals surface area contributed by atoms with E-state index in [0.717, 1.165) is 5.56 Å². The molecule has 0 aliphatic carbocycles. The molecule has 2 saturated heterocycles. The number of ether oxygens (including phenoxy) is 2. The molecule has 0 saturated carbocycles. The molecular weight excluding hydrogens is 428 g/mol. The zero-order chi connectivity index (χ0) is 22.9. The topological polar surface area (TPSA) is 76.2 Å². The van der Waals surface area contributed by atoms with E-state index in [0.29, 0.717) is 31.7 Å². The van der Waals surface area contributed by atoms with E-state index in [-0.39, 0.29) is 35.2 Å². The number of benzene rings is 2. The summed E-state index contributed by atoms with van der Waals surface area (Å²) in [4.78, 5) is 15.2. The van der Waals surface area contributed by atoms with E-state index in [1.807, 2.05) is 51.1 Å². The van der Waals surface area contributed by atoms with Crippen molar-refractivity contribution in [3.05, 3.63) is 65.7 Å². The fraction of sp³-hybridized carbons (Fsp3) is 0.458. The highest BCUT2D eigenvalue weighted by Gasteiger charge is 2.34. The maximum absolute atomic E-state index is 13.3. The van der Waals surface area contributed by atoms with Gasteiger partial charge in [0.1, 0.15) is 6.10 Å². The van der Waals surface area contributed by atoms with E-state index >= 15 is 0 Å². The number of amides is 1. The van der Waals surface area contributed by atoms with Crippen molar-refractivity contribution in [1.29, 1.82) is 0 Å². The highest BCUT2D eigenvalue weighted by atomic mass is 32.2. The second-order valence-corrected chi connectivity index (χ2v) is 10.6. The number of rotatable bonds is 4. The van der Waals surface area contributed by atoms with E-state index in [1.165, 1.54) is 10.4 Å². The minimum absolute atomic E-state index is 0.124. The Morgan fingerprint density at radius 1 is 0.844 bits per heavy atom. The second kappa shape index (κ2) is 9.31. The molecule has 172 valence electrons. The third kappa shape index (κ3) is 4.88. The molecule has 4 atom stereocenters. The monoisotopic (exact) mass is 458 g/mol. The van der Waals surface area contributed by atoms with Gasteiger partial charge in [0.25, 0.3) is 5.91 Å². The summed E-state index contributed by atoms with van der Waals surface area (Å²) in [6, 6.07) is 16.2. The molecule has 0 aromatic heterocycles. The minimum Gasteiger partial charge on any atom is -0.373 e. The van der Waals surface area contributed by atoms with Gasteiger partial charge in [-0.1, -0.05) is 36.4 Å². The van der Waals surface area contributed by atoms with E-state index in [1.54, 1.807) is 23.1 Å². The zero-order valence-electron chi connectivity index (χ0n) is 18.7. The lowest BCUT2D eigenvalue weighted by atomic mass is 10.1. The van der Waals surface area contributed by atoms with Crippen LogP contribution in [0.3, 0.4) is 0 Å². The van der Waals surface area contributed by atoms with Gasteiger partial charge in [-0.15, -0.1) is 0 Å². The summed E-state index contributed by atoms with van der Waals surface area (Å²) in [6.07, 6.45) is -0.695. The van der Waals surface area contributed by atoms with Crippen LogP contribution in [0.2, 0.25) is 0 Å². The van der Waals surface area contributed by atoms with Gasteiger partial charge in [0.2, 0.25) is 10.0 Å². The van der Waals surface area contributed by atoms with Crippen molar-refractivity contribution in [3.63, 3.8) is 0 Å². The predicted octanol–water partition coefficient (Wildman–Crippen LogP) is 3.09. The van der Waals surface area contributed by atoms with Gasteiger partial charge in [0.15, 0.2) is 0 Å². The molecule has 0 radical (unpaired) electrons. The van der Waals surface area contributed by atoms with Gasteiger partial charge in [-0.3, -0.25) is 4.79 Å². The molecule has 8 heteroatoms. The fourth-order valence-corrected chi connectivity index (χ4v) is 6.05. The van der Waals surface area contributed by atoms with Gasteiger partial charge in [-0.25, -0.2) is 8.42 Å². The molecule has 0 bridgehead atoms. The second-order valence-electron chi connectivity index (χ2n) is 8.66. The molecular formula is C24H30N2O5S. The van der Waals surface area contributed by atoms with Gasteiger partial charge in [0, 0.05) is 25.2 Å². The minimum atomic E-state index is -3.72. The number of sulfonamides is 1. The highest BCUT2D eigenvalue weighted by Crippen LogP contribution is 2.27. The Hall–Kier alpha value is -2.26. The van der Waals surface area contributed by atoms with E-state index < -0.39 is 10.0 Å². The third-order valence-electron chi connectivity index (χ3n) is 5.82. The summed E-state index contributed by atoms with van der Waals surface area (Å²) >= 11 is 0. The average molecular weight is 459 g/mol. The molecule has 2 heterocycles. The normalized spacial score (nSPS) is 27.3. The molecule has 1 amide bonds. The third-order valence-corrected chi connectivity index (χ3v) is 7.65. The molecule has 7 nitrogen and oxygen atoms in total. The van der Waals surface area contributed by atoms with Gasteiger partial charge in [-0.05, 0) is 44.5 Å². The first-order chi connectivity index (χ1) is 15.2. The van der Waals surface area contributed by atoms with Crippen LogP contribution in [-0.2, 0) is 19.5 Å². The van der Waals surface area contributed by atoms with E-state index in [4.69, 9.17) is 9.47 Å². The van der Waals surface area contributed by atoms with E-state index in [9.17, 15) is 13.2 Å². The SMILES string of the molecule is CC1CN(S(=O)(=O)c2cccc(C(=O)N3CC(C)OC(c4ccccc4)C3)c2)CC(C)O1. The largest absolute Gasteiger partial charge is 0.373 e. The summed E-state index contributed by atoms with van der Waals surface area (Å²) in [5.74, 6) is -0.193. The first-order valence-electron chi connectivity index (χ1n) is 11.0. The van der Waals surface area contributed by atoms with Crippen molar-refractivity contribution in [3.8, 4) is 0 Å². The van der Waals surface area contributed by atoms with Gasteiger partial charge < -0.3 is 14.4 Å². The van der Waals surface area contributed by atoms with Crippen LogP contribution in [0, 0.1) is 0 Å². The molecule has 4 unspecified atom stereocenters. The van der Waals surface area contributed by atoms with Gasteiger partial charge in [0.05, 0.1) is 29.8 Å². The number of morpholine rings is 2. The molecule has 0 spiro atoms. The number of nitrogens with zero attached hydrogens (tertiary/aromatic N) is 2. The first-order valence-corrected chi connectivity index (χ1v) is 12.4. The van der Waals surface area contributed by atoms with Crippen molar-refractivity contribution < 1.29 is 22.7 Å². The summed E-state index contributed by atoms with van der Waals surface area (Å²) in [5, 5.41) is 0. The maximum atomic E-state index is 13.3. The van der Waals surface area contributed by atoms with Crippen molar-refractivity contribution in [2.75, 3.05) is 26.2 Å². The number of carbonyl (C=O) groups is 1. The molecule has 0 N–H and O–H groups in total. The van der Waals surface area contributed by atoms with Crippen molar-refractivity contribution in [1.82, 2.24) is 9.21 Å². The van der Waals surface area contributed by atoms with Crippen LogP contribution >= 0.6 is 0 Å². The number of carbonyl (C=O) groups excluding carboxylic acids is 1. The summed E-state index contributed by atoms with van der Waals surface area (Å²) in [7, 11) is -3.72. The van der Waals surface area contributed by atoms with Crippen LogP contribution in [0.15, 0.2) is 59.5 Å². The lowest BCUT2D eigenvalue weighted by molar-refractivity contribution is -0.0691. The molecule has 2 aromatic carbocycles. The Morgan fingerprint density at radius 3 is 2.19 bits per heavy atom. The van der Waals surface area contributed by atoms with Crippen molar-refractivity contribution in [2.24, 2.45) is 0 Å². The predicted molar refractivity (Wildman–Crippen MR) is 121 cm³/mol. The lowest BCUT2D eigenvalue weighted by Gasteiger charge is -2.37. The Labute approximate surface area is 190 Å². The van der Waals surface area contributed by atoms with Gasteiger partial charge in [-0.2, -0.15) is 4.31 Å².